The van der Waals surface area contributed by atoms with Gasteiger partial charge in [-0.05, 0) is 6.92 Å². The summed E-state index contributed by atoms with van der Waals surface area (Å²) in [4.78, 5) is 30.8. The average Bonchev–Trinajstić information content (AvgIpc) is 1.86. The van der Waals surface area contributed by atoms with Crippen LogP contribution >= 0.6 is 0 Å². The number of Topliss-reactive ketones (excluding diaryl/α,β-unsaturated/α-hetero) is 1. The number of rotatable bonds is 3. The Morgan fingerprint density at radius 3 is 2.09 bits per heavy atom. The summed E-state index contributed by atoms with van der Waals surface area (Å²) in [6.45, 7) is 2.39. The minimum Gasteiger partial charge on any atom is -0.429 e. The SMILES string of the molecule is CC(=O)C=COC(=O)C(C)=O. The lowest BCUT2D eigenvalue weighted by Crippen LogP contribution is -2.10. The number of allylic oxidation sites excluding steroid dienone is 1. The third kappa shape index (κ3) is 5.02. The summed E-state index contributed by atoms with van der Waals surface area (Å²) in [7, 11) is 0. The molecule has 0 N–H and O–H groups in total. The van der Waals surface area contributed by atoms with Gasteiger partial charge >= 0.3 is 5.97 Å². The van der Waals surface area contributed by atoms with Gasteiger partial charge in [-0.25, -0.2) is 4.79 Å². The second-order valence-corrected chi connectivity index (χ2v) is 1.87. The molecule has 0 aromatic heterocycles. The zero-order valence-electron chi connectivity index (χ0n) is 6.29. The zero-order chi connectivity index (χ0) is 8.85. The van der Waals surface area contributed by atoms with Crippen LogP contribution in [0.4, 0.5) is 0 Å². The summed E-state index contributed by atoms with van der Waals surface area (Å²) >= 11 is 0. The molecule has 0 amide bonds. The Morgan fingerprint density at radius 1 is 1.18 bits per heavy atom. The van der Waals surface area contributed by atoms with Crippen LogP contribution in [0, 0.1) is 0 Å². The van der Waals surface area contributed by atoms with Crippen molar-refractivity contribution < 1.29 is 19.1 Å². The normalized spacial score (nSPS) is 9.64. The van der Waals surface area contributed by atoms with Gasteiger partial charge in [0, 0.05) is 13.0 Å². The van der Waals surface area contributed by atoms with Crippen molar-refractivity contribution in [2.75, 3.05) is 0 Å². The van der Waals surface area contributed by atoms with E-state index in [1.54, 1.807) is 0 Å². The molecule has 0 heterocycles. The Labute approximate surface area is 63.8 Å². The summed E-state index contributed by atoms with van der Waals surface area (Å²) in [6.07, 6.45) is 1.95. The lowest BCUT2D eigenvalue weighted by molar-refractivity contribution is -0.148. The minimum absolute atomic E-state index is 0.249. The smallest absolute Gasteiger partial charge is 0.379 e. The summed E-state index contributed by atoms with van der Waals surface area (Å²) in [5.41, 5.74) is 0. The number of carbonyl (C=O) groups excluding carboxylic acids is 3. The van der Waals surface area contributed by atoms with Crippen molar-refractivity contribution in [1.29, 1.82) is 0 Å². The van der Waals surface area contributed by atoms with Crippen molar-refractivity contribution in [2.45, 2.75) is 13.8 Å². The van der Waals surface area contributed by atoms with E-state index in [2.05, 4.69) is 4.74 Å². The number of esters is 1. The van der Waals surface area contributed by atoms with E-state index in [0.29, 0.717) is 0 Å². The largest absolute Gasteiger partial charge is 0.429 e. The molecule has 0 unspecified atom stereocenters. The molecule has 0 spiro atoms. The van der Waals surface area contributed by atoms with Crippen LogP contribution in [0.1, 0.15) is 13.8 Å². The highest BCUT2D eigenvalue weighted by molar-refractivity contribution is 6.32. The number of ketones is 2. The minimum atomic E-state index is -0.970. The van der Waals surface area contributed by atoms with Crippen LogP contribution in [-0.4, -0.2) is 17.5 Å². The summed E-state index contributed by atoms with van der Waals surface area (Å²) < 4.78 is 4.22. The molecular weight excluding hydrogens is 148 g/mol. The highest BCUT2D eigenvalue weighted by atomic mass is 16.5. The van der Waals surface area contributed by atoms with Gasteiger partial charge in [-0.15, -0.1) is 0 Å². The summed E-state index contributed by atoms with van der Waals surface area (Å²) in [5.74, 6) is -1.91. The van der Waals surface area contributed by atoms with Gasteiger partial charge in [0.1, 0.15) is 0 Å². The van der Waals surface area contributed by atoms with Gasteiger partial charge < -0.3 is 4.74 Å². The van der Waals surface area contributed by atoms with Crippen molar-refractivity contribution in [3.63, 3.8) is 0 Å². The van der Waals surface area contributed by atoms with E-state index in [9.17, 15) is 14.4 Å². The maximum atomic E-state index is 10.4. The zero-order valence-corrected chi connectivity index (χ0v) is 6.29. The third-order valence-electron chi connectivity index (χ3n) is 0.765. The first-order valence-electron chi connectivity index (χ1n) is 2.92. The number of carbonyl (C=O) groups is 3. The van der Waals surface area contributed by atoms with Gasteiger partial charge in [-0.2, -0.15) is 0 Å². The second-order valence-electron chi connectivity index (χ2n) is 1.87. The van der Waals surface area contributed by atoms with E-state index < -0.39 is 11.8 Å². The van der Waals surface area contributed by atoms with E-state index in [-0.39, 0.29) is 5.78 Å². The first-order chi connectivity index (χ1) is 5.04. The molecule has 0 saturated carbocycles. The van der Waals surface area contributed by atoms with Gasteiger partial charge in [0.15, 0.2) is 5.78 Å². The van der Waals surface area contributed by atoms with Crippen LogP contribution in [-0.2, 0) is 19.1 Å². The molecule has 4 heteroatoms. The maximum absolute atomic E-state index is 10.4. The van der Waals surface area contributed by atoms with E-state index >= 15 is 0 Å². The molecule has 60 valence electrons. The molecule has 0 radical (unpaired) electrons. The maximum Gasteiger partial charge on any atom is 0.379 e. The molecule has 0 aromatic carbocycles. The van der Waals surface area contributed by atoms with Crippen LogP contribution in [0.2, 0.25) is 0 Å². The molecule has 0 bridgehead atoms. The van der Waals surface area contributed by atoms with Gasteiger partial charge in [-0.1, -0.05) is 0 Å². The Hall–Kier alpha value is -1.45. The Balaban J connectivity index is 3.80. The summed E-state index contributed by atoms with van der Waals surface area (Å²) in [6, 6.07) is 0. The fraction of sp³-hybridized carbons (Fsp3) is 0.286. The first-order valence-corrected chi connectivity index (χ1v) is 2.92. The molecule has 0 aliphatic carbocycles. The molecule has 0 atom stereocenters. The Kier molecular flexibility index (Phi) is 3.80. The quantitative estimate of drug-likeness (QED) is 0.254. The van der Waals surface area contributed by atoms with E-state index in [1.807, 2.05) is 0 Å². The number of hydrogen-bond acceptors (Lipinski definition) is 4. The standard InChI is InChI=1S/C7H8O4/c1-5(8)3-4-11-7(10)6(2)9/h3-4H,1-2H3. The topological polar surface area (TPSA) is 60.4 Å². The monoisotopic (exact) mass is 156 g/mol. The lowest BCUT2D eigenvalue weighted by Gasteiger charge is -1.90. The molecule has 0 aliphatic heterocycles. The lowest BCUT2D eigenvalue weighted by atomic mass is 10.4. The van der Waals surface area contributed by atoms with Gasteiger partial charge in [0.2, 0.25) is 5.78 Å². The highest BCUT2D eigenvalue weighted by Gasteiger charge is 2.05. The number of ether oxygens (including phenoxy) is 1. The van der Waals surface area contributed by atoms with E-state index in [0.717, 1.165) is 19.3 Å². The van der Waals surface area contributed by atoms with Crippen molar-refractivity contribution in [3.05, 3.63) is 12.3 Å². The molecule has 4 nitrogen and oxygen atoms in total. The van der Waals surface area contributed by atoms with Crippen LogP contribution in [0.3, 0.4) is 0 Å². The van der Waals surface area contributed by atoms with Crippen LogP contribution in [0.25, 0.3) is 0 Å². The van der Waals surface area contributed by atoms with Gasteiger partial charge in [0.05, 0.1) is 6.26 Å². The van der Waals surface area contributed by atoms with Gasteiger partial charge in [-0.3, -0.25) is 9.59 Å². The van der Waals surface area contributed by atoms with Crippen molar-refractivity contribution >= 4 is 17.5 Å². The van der Waals surface area contributed by atoms with Crippen LogP contribution in [0.5, 0.6) is 0 Å². The van der Waals surface area contributed by atoms with E-state index in [1.165, 1.54) is 6.92 Å². The predicted octanol–water partition coefficient (Wildman–Crippen LogP) is 0.221. The predicted molar refractivity (Wildman–Crippen MR) is 36.6 cm³/mol. The van der Waals surface area contributed by atoms with E-state index in [4.69, 9.17) is 0 Å². The summed E-state index contributed by atoms with van der Waals surface area (Å²) in [5, 5.41) is 0. The highest BCUT2D eigenvalue weighted by Crippen LogP contribution is 1.82. The average molecular weight is 156 g/mol. The molecule has 0 rings (SSSR count). The first kappa shape index (κ1) is 9.55. The molecule has 0 fully saturated rings. The number of hydrogen-bond donors (Lipinski definition) is 0. The van der Waals surface area contributed by atoms with Gasteiger partial charge in [0.25, 0.3) is 0 Å². The third-order valence-corrected chi connectivity index (χ3v) is 0.765. The van der Waals surface area contributed by atoms with Crippen molar-refractivity contribution in [2.24, 2.45) is 0 Å². The second kappa shape index (κ2) is 4.38. The fourth-order valence-corrected chi connectivity index (χ4v) is 0.275. The molecule has 0 aliphatic rings. The molecular formula is C7H8O4. The Morgan fingerprint density at radius 2 is 1.73 bits per heavy atom. The fourth-order valence-electron chi connectivity index (χ4n) is 0.275. The Bertz CT molecular complexity index is 214. The van der Waals surface area contributed by atoms with Crippen molar-refractivity contribution in [3.8, 4) is 0 Å². The van der Waals surface area contributed by atoms with Crippen molar-refractivity contribution in [1.82, 2.24) is 0 Å². The molecule has 11 heavy (non-hydrogen) atoms. The molecule has 0 aromatic rings. The van der Waals surface area contributed by atoms with Crippen LogP contribution < -0.4 is 0 Å². The molecule has 0 saturated heterocycles. The van der Waals surface area contributed by atoms with Crippen LogP contribution in [0.15, 0.2) is 12.3 Å².